The Balaban J connectivity index is 2.14. The number of hydrogen-bond donors (Lipinski definition) is 1. The van der Waals surface area contributed by atoms with Crippen molar-refractivity contribution in [3.8, 4) is 0 Å². The van der Waals surface area contributed by atoms with Crippen LogP contribution < -0.4 is 4.83 Å². The minimum atomic E-state index is 1.17. The van der Waals surface area contributed by atoms with E-state index in [9.17, 15) is 0 Å². The average molecular weight is 220 g/mol. The second-order valence-corrected chi connectivity index (χ2v) is 4.56. The third-order valence-corrected chi connectivity index (χ3v) is 3.38. The molecule has 80 valence electrons. The summed E-state index contributed by atoms with van der Waals surface area (Å²) in [7, 11) is 0. The molecular weight excluding hydrogens is 204 g/mol. The second-order valence-electron chi connectivity index (χ2n) is 3.74. The van der Waals surface area contributed by atoms with Crippen LogP contribution in [0.25, 0.3) is 0 Å². The molecule has 0 saturated carbocycles. The van der Waals surface area contributed by atoms with Crippen molar-refractivity contribution in [2.45, 2.75) is 37.5 Å². The molecule has 0 atom stereocenters. The molecule has 0 unspecified atom stereocenters. The predicted octanol–water partition coefficient (Wildman–Crippen LogP) is 3.36. The van der Waals surface area contributed by atoms with Crippen LogP contribution >= 0.6 is 11.9 Å². The van der Waals surface area contributed by atoms with Gasteiger partial charge in [0, 0.05) is 22.4 Å². The number of rotatable bonds is 4. The molecular formula is C12H16N2S. The Labute approximate surface area is 95.3 Å². The van der Waals surface area contributed by atoms with Gasteiger partial charge in [-0.25, -0.2) is 4.83 Å². The van der Waals surface area contributed by atoms with Crippen molar-refractivity contribution in [3.05, 3.63) is 29.3 Å². The first-order chi connectivity index (χ1) is 7.42. The van der Waals surface area contributed by atoms with Gasteiger partial charge >= 0.3 is 0 Å². The zero-order valence-corrected chi connectivity index (χ0v) is 9.81. The van der Waals surface area contributed by atoms with E-state index in [1.54, 1.807) is 11.9 Å². The van der Waals surface area contributed by atoms with E-state index in [0.29, 0.717) is 0 Å². The van der Waals surface area contributed by atoms with E-state index in [1.165, 1.54) is 41.7 Å². The summed E-state index contributed by atoms with van der Waals surface area (Å²) in [5.74, 6) is 0. The monoisotopic (exact) mass is 220 g/mol. The maximum atomic E-state index is 4.10. The van der Waals surface area contributed by atoms with Crippen molar-refractivity contribution < 1.29 is 0 Å². The Bertz CT molecular complexity index is 361. The van der Waals surface area contributed by atoms with Crippen LogP contribution in [0.4, 0.5) is 0 Å². The Morgan fingerprint density at radius 1 is 1.33 bits per heavy atom. The van der Waals surface area contributed by atoms with Crippen LogP contribution in [0.15, 0.2) is 28.2 Å². The third-order valence-electron chi connectivity index (χ3n) is 2.61. The zero-order chi connectivity index (χ0) is 10.5. The minimum Gasteiger partial charge on any atom is -0.247 e. The third kappa shape index (κ3) is 2.53. The average Bonchev–Trinajstić information content (AvgIpc) is 2.30. The van der Waals surface area contributed by atoms with Crippen molar-refractivity contribution in [2.24, 2.45) is 5.10 Å². The molecule has 0 aromatic heterocycles. The number of hydrogen-bond acceptors (Lipinski definition) is 3. The summed E-state index contributed by atoms with van der Waals surface area (Å²) in [5, 5.41) is 4.10. The molecule has 3 heteroatoms. The van der Waals surface area contributed by atoms with Crippen LogP contribution in [0.2, 0.25) is 0 Å². The normalized spacial score (nSPS) is 13.4. The SMILES string of the molecule is CCCCCc1cccc2c1C=NNS2. The molecule has 0 fully saturated rings. The lowest BCUT2D eigenvalue weighted by Gasteiger charge is -2.13. The quantitative estimate of drug-likeness (QED) is 0.621. The van der Waals surface area contributed by atoms with Crippen molar-refractivity contribution >= 4 is 18.2 Å². The van der Waals surface area contributed by atoms with Gasteiger partial charge in [0.1, 0.15) is 0 Å². The summed E-state index contributed by atoms with van der Waals surface area (Å²) < 4.78 is 0. The maximum absolute atomic E-state index is 4.10. The first-order valence-electron chi connectivity index (χ1n) is 5.48. The Morgan fingerprint density at radius 2 is 2.27 bits per heavy atom. The van der Waals surface area contributed by atoms with Crippen molar-refractivity contribution in [2.75, 3.05) is 0 Å². The molecule has 0 saturated heterocycles. The van der Waals surface area contributed by atoms with Gasteiger partial charge in [-0.05, 0) is 24.5 Å². The van der Waals surface area contributed by atoms with Crippen LogP contribution in [0.5, 0.6) is 0 Å². The Hall–Kier alpha value is -0.960. The Morgan fingerprint density at radius 3 is 3.13 bits per heavy atom. The summed E-state index contributed by atoms with van der Waals surface area (Å²) in [6.45, 7) is 2.24. The van der Waals surface area contributed by atoms with Crippen LogP contribution in [-0.4, -0.2) is 6.21 Å². The summed E-state index contributed by atoms with van der Waals surface area (Å²) in [6.07, 6.45) is 6.97. The van der Waals surface area contributed by atoms with E-state index < -0.39 is 0 Å². The van der Waals surface area contributed by atoms with E-state index >= 15 is 0 Å². The molecule has 1 heterocycles. The molecule has 0 aliphatic carbocycles. The number of nitrogens with one attached hydrogen (secondary N) is 1. The topological polar surface area (TPSA) is 24.4 Å². The second kappa shape index (κ2) is 5.21. The van der Waals surface area contributed by atoms with Crippen molar-refractivity contribution in [1.82, 2.24) is 4.83 Å². The number of unbranched alkanes of at least 4 members (excludes halogenated alkanes) is 2. The lowest BCUT2D eigenvalue weighted by Crippen LogP contribution is -2.05. The molecule has 0 radical (unpaired) electrons. The number of nitrogens with zero attached hydrogens (tertiary/aromatic N) is 1. The van der Waals surface area contributed by atoms with Gasteiger partial charge in [0.15, 0.2) is 0 Å². The molecule has 1 aromatic rings. The molecule has 0 spiro atoms. The van der Waals surface area contributed by atoms with E-state index in [4.69, 9.17) is 0 Å². The summed E-state index contributed by atoms with van der Waals surface area (Å²) in [4.78, 5) is 4.21. The smallest absolute Gasteiger partial charge is 0.0565 e. The fourth-order valence-electron chi connectivity index (χ4n) is 1.77. The molecule has 1 aliphatic rings. The largest absolute Gasteiger partial charge is 0.247 e. The summed E-state index contributed by atoms with van der Waals surface area (Å²) in [5.41, 5.74) is 2.73. The number of fused-ring (bicyclic) bond motifs is 1. The highest BCUT2D eigenvalue weighted by Crippen LogP contribution is 2.25. The first-order valence-corrected chi connectivity index (χ1v) is 6.30. The lowest BCUT2D eigenvalue weighted by molar-refractivity contribution is 0.716. The van der Waals surface area contributed by atoms with Gasteiger partial charge in [0.05, 0.1) is 6.21 Å². The highest BCUT2D eigenvalue weighted by atomic mass is 32.2. The van der Waals surface area contributed by atoms with E-state index in [0.717, 1.165) is 0 Å². The van der Waals surface area contributed by atoms with Crippen LogP contribution in [-0.2, 0) is 6.42 Å². The number of hydrazone groups is 1. The van der Waals surface area contributed by atoms with Crippen LogP contribution in [0.3, 0.4) is 0 Å². The number of aryl methyl sites for hydroxylation is 1. The van der Waals surface area contributed by atoms with E-state index in [2.05, 4.69) is 35.1 Å². The Kier molecular flexibility index (Phi) is 3.67. The number of benzene rings is 1. The van der Waals surface area contributed by atoms with Crippen LogP contribution in [0.1, 0.15) is 37.3 Å². The standard InChI is InChI=1S/C12H16N2S/c1-2-3-4-6-10-7-5-8-12-11(10)9-13-14-15-12/h5,7-9,14H,2-4,6H2,1H3. The fraction of sp³-hybridized carbons (Fsp3) is 0.417. The summed E-state index contributed by atoms with van der Waals surface area (Å²) >= 11 is 1.59. The van der Waals surface area contributed by atoms with Crippen molar-refractivity contribution in [1.29, 1.82) is 0 Å². The molecule has 0 bridgehead atoms. The van der Waals surface area contributed by atoms with E-state index in [-0.39, 0.29) is 0 Å². The summed E-state index contributed by atoms with van der Waals surface area (Å²) in [6, 6.07) is 6.49. The van der Waals surface area contributed by atoms with Gasteiger partial charge < -0.3 is 0 Å². The first kappa shape index (κ1) is 10.6. The van der Waals surface area contributed by atoms with E-state index in [1.807, 2.05) is 6.21 Å². The van der Waals surface area contributed by atoms with Crippen molar-refractivity contribution in [3.63, 3.8) is 0 Å². The molecule has 1 aromatic carbocycles. The van der Waals surface area contributed by atoms with Gasteiger partial charge in [-0.3, -0.25) is 0 Å². The molecule has 1 N–H and O–H groups in total. The molecule has 2 nitrogen and oxygen atoms in total. The van der Waals surface area contributed by atoms with Crippen LogP contribution in [0, 0.1) is 0 Å². The molecule has 2 rings (SSSR count). The predicted molar refractivity (Wildman–Crippen MR) is 66.3 cm³/mol. The van der Waals surface area contributed by atoms with Gasteiger partial charge in [0.2, 0.25) is 0 Å². The highest BCUT2D eigenvalue weighted by Gasteiger charge is 2.09. The minimum absolute atomic E-state index is 1.17. The van der Waals surface area contributed by atoms with Gasteiger partial charge in [-0.1, -0.05) is 31.9 Å². The molecule has 0 amide bonds. The molecule has 15 heavy (non-hydrogen) atoms. The highest BCUT2D eigenvalue weighted by molar-refractivity contribution is 7.97. The van der Waals surface area contributed by atoms with Gasteiger partial charge in [0.25, 0.3) is 0 Å². The fourth-order valence-corrected chi connectivity index (χ4v) is 2.42. The zero-order valence-electron chi connectivity index (χ0n) is 8.99. The van der Waals surface area contributed by atoms with Gasteiger partial charge in [-0.15, -0.1) is 0 Å². The maximum Gasteiger partial charge on any atom is 0.0565 e. The molecule has 1 aliphatic heterocycles. The van der Waals surface area contributed by atoms with Gasteiger partial charge in [-0.2, -0.15) is 5.10 Å². The lowest BCUT2D eigenvalue weighted by atomic mass is 10.0.